The summed E-state index contributed by atoms with van der Waals surface area (Å²) in [5.41, 5.74) is 2.65. The van der Waals surface area contributed by atoms with E-state index in [2.05, 4.69) is 15.3 Å². The second-order valence-electron chi connectivity index (χ2n) is 5.18. The van der Waals surface area contributed by atoms with Gasteiger partial charge in [-0.3, -0.25) is 4.79 Å². The Morgan fingerprint density at radius 2 is 1.83 bits per heavy atom. The zero-order chi connectivity index (χ0) is 17.5. The van der Waals surface area contributed by atoms with Crippen LogP contribution in [-0.2, 0) is 11.3 Å². The van der Waals surface area contributed by atoms with Gasteiger partial charge in [0.1, 0.15) is 11.5 Å². The zero-order valence-electron chi connectivity index (χ0n) is 14.3. The van der Waals surface area contributed by atoms with Crippen molar-refractivity contribution in [1.29, 1.82) is 0 Å². The molecular formula is C17H21N3O3S. The number of rotatable bonds is 7. The van der Waals surface area contributed by atoms with Gasteiger partial charge in [-0.05, 0) is 38.1 Å². The molecule has 24 heavy (non-hydrogen) atoms. The number of hydrogen-bond acceptors (Lipinski definition) is 6. The van der Waals surface area contributed by atoms with Gasteiger partial charge in [0.25, 0.3) is 0 Å². The van der Waals surface area contributed by atoms with E-state index >= 15 is 0 Å². The van der Waals surface area contributed by atoms with Crippen LogP contribution in [0.1, 0.15) is 17.0 Å². The van der Waals surface area contributed by atoms with Gasteiger partial charge in [-0.1, -0.05) is 11.8 Å². The van der Waals surface area contributed by atoms with Crippen molar-refractivity contribution >= 4 is 17.7 Å². The molecule has 6 nitrogen and oxygen atoms in total. The molecule has 0 aliphatic rings. The minimum Gasteiger partial charge on any atom is -0.497 e. The summed E-state index contributed by atoms with van der Waals surface area (Å²) in [6, 6.07) is 7.38. The monoisotopic (exact) mass is 347 g/mol. The van der Waals surface area contributed by atoms with E-state index in [0.717, 1.165) is 22.7 Å². The van der Waals surface area contributed by atoms with Gasteiger partial charge in [0, 0.05) is 23.5 Å². The molecule has 0 unspecified atom stereocenters. The number of amides is 1. The molecule has 1 aromatic heterocycles. The lowest BCUT2D eigenvalue weighted by molar-refractivity contribution is -0.118. The Labute approximate surface area is 146 Å². The number of benzene rings is 1. The van der Waals surface area contributed by atoms with Gasteiger partial charge < -0.3 is 14.8 Å². The third kappa shape index (κ3) is 5.13. The number of hydrogen-bond donors (Lipinski definition) is 1. The first-order chi connectivity index (χ1) is 11.5. The lowest BCUT2D eigenvalue weighted by atomic mass is 10.2. The third-order valence-corrected chi connectivity index (χ3v) is 4.11. The van der Waals surface area contributed by atoms with E-state index in [0.29, 0.717) is 17.5 Å². The number of carbonyl (C=O) groups is 1. The molecule has 0 aliphatic carbocycles. The topological polar surface area (TPSA) is 73.3 Å². The summed E-state index contributed by atoms with van der Waals surface area (Å²) in [5, 5.41) is 3.49. The van der Waals surface area contributed by atoms with Crippen LogP contribution in [0.25, 0.3) is 0 Å². The van der Waals surface area contributed by atoms with E-state index in [4.69, 9.17) is 9.47 Å². The highest BCUT2D eigenvalue weighted by molar-refractivity contribution is 7.99. The molecule has 128 valence electrons. The van der Waals surface area contributed by atoms with Crippen molar-refractivity contribution in [3.8, 4) is 11.5 Å². The average Bonchev–Trinajstić information content (AvgIpc) is 2.57. The maximum Gasteiger partial charge on any atom is 0.230 e. The van der Waals surface area contributed by atoms with Gasteiger partial charge in [0.2, 0.25) is 5.91 Å². The van der Waals surface area contributed by atoms with Gasteiger partial charge in [0.15, 0.2) is 5.16 Å². The molecule has 7 heteroatoms. The molecule has 0 bridgehead atoms. The highest BCUT2D eigenvalue weighted by atomic mass is 32.2. The lowest BCUT2D eigenvalue weighted by Crippen LogP contribution is -2.25. The number of aryl methyl sites for hydroxylation is 2. The molecular weight excluding hydrogens is 326 g/mol. The smallest absolute Gasteiger partial charge is 0.230 e. The van der Waals surface area contributed by atoms with Crippen molar-refractivity contribution in [2.75, 3.05) is 20.0 Å². The predicted molar refractivity (Wildman–Crippen MR) is 93.6 cm³/mol. The number of nitrogens with zero attached hydrogens (tertiary/aromatic N) is 2. The van der Waals surface area contributed by atoms with Crippen molar-refractivity contribution in [3.63, 3.8) is 0 Å². The largest absolute Gasteiger partial charge is 0.497 e. The van der Waals surface area contributed by atoms with Crippen molar-refractivity contribution < 1.29 is 14.3 Å². The first kappa shape index (κ1) is 18.1. The molecule has 0 aliphatic heterocycles. The van der Waals surface area contributed by atoms with E-state index in [1.165, 1.54) is 11.8 Å². The van der Waals surface area contributed by atoms with Gasteiger partial charge in [0.05, 0.1) is 20.0 Å². The van der Waals surface area contributed by atoms with E-state index in [1.807, 2.05) is 38.1 Å². The van der Waals surface area contributed by atoms with Crippen LogP contribution in [-0.4, -0.2) is 35.8 Å². The zero-order valence-corrected chi connectivity index (χ0v) is 15.1. The summed E-state index contributed by atoms with van der Waals surface area (Å²) >= 11 is 1.32. The first-order valence-electron chi connectivity index (χ1n) is 7.44. The molecule has 0 saturated carbocycles. The van der Waals surface area contributed by atoms with Crippen LogP contribution in [0.3, 0.4) is 0 Å². The molecule has 2 rings (SSSR count). The Morgan fingerprint density at radius 1 is 1.12 bits per heavy atom. The van der Waals surface area contributed by atoms with Crippen LogP contribution >= 0.6 is 11.8 Å². The number of methoxy groups -OCH3 is 2. The molecule has 1 amide bonds. The van der Waals surface area contributed by atoms with Gasteiger partial charge >= 0.3 is 0 Å². The second kappa shape index (κ2) is 8.54. The van der Waals surface area contributed by atoms with Crippen molar-refractivity contribution in [2.45, 2.75) is 25.5 Å². The van der Waals surface area contributed by atoms with Gasteiger partial charge in [-0.15, -0.1) is 0 Å². The quantitative estimate of drug-likeness (QED) is 0.613. The van der Waals surface area contributed by atoms with E-state index in [9.17, 15) is 4.79 Å². The fourth-order valence-electron chi connectivity index (χ4n) is 2.15. The molecule has 1 aromatic carbocycles. The lowest BCUT2D eigenvalue weighted by Gasteiger charge is -2.11. The van der Waals surface area contributed by atoms with Crippen LogP contribution in [0.15, 0.2) is 29.4 Å². The molecule has 2 aromatic rings. The van der Waals surface area contributed by atoms with Crippen molar-refractivity contribution in [2.24, 2.45) is 0 Å². The predicted octanol–water partition coefficient (Wildman–Crippen LogP) is 2.52. The van der Waals surface area contributed by atoms with Crippen LogP contribution < -0.4 is 14.8 Å². The summed E-state index contributed by atoms with van der Waals surface area (Å²) in [6.45, 7) is 4.19. The van der Waals surface area contributed by atoms with Crippen LogP contribution in [0.4, 0.5) is 0 Å². The molecule has 0 saturated heterocycles. The molecule has 0 spiro atoms. The summed E-state index contributed by atoms with van der Waals surface area (Å²) in [6.07, 6.45) is 0. The van der Waals surface area contributed by atoms with E-state index < -0.39 is 0 Å². The fourth-order valence-corrected chi connectivity index (χ4v) is 2.93. The van der Waals surface area contributed by atoms with Gasteiger partial charge in [-0.2, -0.15) is 0 Å². The number of aromatic nitrogens is 2. The molecule has 0 atom stereocenters. The van der Waals surface area contributed by atoms with Crippen molar-refractivity contribution in [1.82, 2.24) is 15.3 Å². The maximum atomic E-state index is 12.1. The minimum atomic E-state index is -0.0902. The standard InChI is InChI=1S/C17H21N3O3S/c1-11-7-12(2)20-17(19-11)24-10-16(21)18-9-13-8-14(22-3)5-6-15(13)23-4/h5-8H,9-10H2,1-4H3,(H,18,21). The van der Waals surface area contributed by atoms with E-state index in [-0.39, 0.29) is 11.7 Å². The number of carbonyl (C=O) groups excluding carboxylic acids is 1. The molecule has 0 fully saturated rings. The third-order valence-electron chi connectivity index (χ3n) is 3.26. The Morgan fingerprint density at radius 3 is 2.46 bits per heavy atom. The SMILES string of the molecule is COc1ccc(OC)c(CNC(=O)CSc2nc(C)cc(C)n2)c1. The van der Waals surface area contributed by atoms with Gasteiger partial charge in [-0.25, -0.2) is 9.97 Å². The number of nitrogens with one attached hydrogen (secondary N) is 1. The first-order valence-corrected chi connectivity index (χ1v) is 8.43. The van der Waals surface area contributed by atoms with Crippen molar-refractivity contribution in [3.05, 3.63) is 41.2 Å². The Balaban J connectivity index is 1.91. The summed E-state index contributed by atoms with van der Waals surface area (Å²) in [7, 11) is 3.20. The highest BCUT2D eigenvalue weighted by Gasteiger charge is 2.09. The normalized spacial score (nSPS) is 10.3. The Kier molecular flexibility index (Phi) is 6.43. The van der Waals surface area contributed by atoms with Crippen LogP contribution in [0, 0.1) is 13.8 Å². The Bertz CT molecular complexity index is 702. The summed E-state index contributed by atoms with van der Waals surface area (Å²) in [4.78, 5) is 20.7. The van der Waals surface area contributed by atoms with Crippen LogP contribution in [0.5, 0.6) is 11.5 Å². The molecule has 1 heterocycles. The second-order valence-corrected chi connectivity index (χ2v) is 6.12. The number of thioether (sulfide) groups is 1. The summed E-state index contributed by atoms with van der Waals surface area (Å²) < 4.78 is 10.5. The average molecular weight is 347 g/mol. The number of ether oxygens (including phenoxy) is 2. The summed E-state index contributed by atoms with van der Waals surface area (Å²) in [5.74, 6) is 1.60. The molecule has 0 radical (unpaired) electrons. The fraction of sp³-hybridized carbons (Fsp3) is 0.353. The maximum absolute atomic E-state index is 12.1. The van der Waals surface area contributed by atoms with E-state index in [1.54, 1.807) is 14.2 Å². The molecule has 1 N–H and O–H groups in total. The Hall–Kier alpha value is -2.28. The minimum absolute atomic E-state index is 0.0902. The van der Waals surface area contributed by atoms with Crippen LogP contribution in [0.2, 0.25) is 0 Å². The highest BCUT2D eigenvalue weighted by Crippen LogP contribution is 2.23.